The summed E-state index contributed by atoms with van der Waals surface area (Å²) in [5.41, 5.74) is 2.98. The number of benzene rings is 1. The highest BCUT2D eigenvalue weighted by Gasteiger charge is 2.13. The molecule has 0 aliphatic heterocycles. The van der Waals surface area contributed by atoms with Crippen LogP contribution in [-0.4, -0.2) is 15.6 Å². The van der Waals surface area contributed by atoms with E-state index in [9.17, 15) is 4.79 Å². The van der Waals surface area contributed by atoms with Gasteiger partial charge in [0.2, 0.25) is 0 Å². The molecule has 0 aliphatic carbocycles. The van der Waals surface area contributed by atoms with Gasteiger partial charge in [-0.05, 0) is 28.7 Å². The molecule has 1 aromatic heterocycles. The van der Waals surface area contributed by atoms with Gasteiger partial charge >= 0.3 is 0 Å². The molecule has 0 saturated carbocycles. The van der Waals surface area contributed by atoms with Crippen LogP contribution in [-0.2, 0) is 10.2 Å². The first kappa shape index (κ1) is 14.3. The lowest BCUT2D eigenvalue weighted by atomic mass is 9.86. The van der Waals surface area contributed by atoms with Crippen LogP contribution < -0.4 is 0 Å². The average Bonchev–Trinajstić information content (AvgIpc) is 2.88. The Morgan fingerprint density at radius 2 is 1.85 bits per heavy atom. The molecule has 0 radical (unpaired) electrons. The highest BCUT2D eigenvalue weighted by Crippen LogP contribution is 2.23. The van der Waals surface area contributed by atoms with E-state index in [1.54, 1.807) is 30.1 Å². The topological polar surface area (TPSA) is 34.9 Å². The first-order valence-corrected chi connectivity index (χ1v) is 6.71. The third-order valence-corrected chi connectivity index (χ3v) is 3.19. The van der Waals surface area contributed by atoms with Gasteiger partial charge in [-0.3, -0.25) is 4.79 Å². The Morgan fingerprint density at radius 1 is 1.20 bits per heavy atom. The molecule has 0 atom stereocenters. The van der Waals surface area contributed by atoms with E-state index in [0.29, 0.717) is 5.70 Å². The van der Waals surface area contributed by atoms with Crippen LogP contribution in [0, 0.1) is 0 Å². The summed E-state index contributed by atoms with van der Waals surface area (Å²) >= 11 is 0. The van der Waals surface area contributed by atoms with Crippen molar-refractivity contribution >= 4 is 17.6 Å². The lowest BCUT2D eigenvalue weighted by Crippen LogP contribution is -2.10. The summed E-state index contributed by atoms with van der Waals surface area (Å²) < 4.78 is 1.60. The van der Waals surface area contributed by atoms with Gasteiger partial charge in [0.1, 0.15) is 5.70 Å². The van der Waals surface area contributed by atoms with Gasteiger partial charge in [-0.25, -0.2) is 4.68 Å². The van der Waals surface area contributed by atoms with Crippen molar-refractivity contribution in [2.45, 2.75) is 33.1 Å². The molecule has 0 unspecified atom stereocenters. The SMILES string of the molecule is CC(=O)/C(=C/c1ccc(C(C)(C)C)cc1)n1cccn1. The summed E-state index contributed by atoms with van der Waals surface area (Å²) in [6, 6.07) is 10.1. The highest BCUT2D eigenvalue weighted by molar-refractivity contribution is 6.18. The van der Waals surface area contributed by atoms with Gasteiger partial charge in [-0.2, -0.15) is 5.10 Å². The van der Waals surface area contributed by atoms with Crippen LogP contribution in [0.3, 0.4) is 0 Å². The van der Waals surface area contributed by atoms with Crippen LogP contribution >= 0.6 is 0 Å². The van der Waals surface area contributed by atoms with Crippen LogP contribution in [0.2, 0.25) is 0 Å². The van der Waals surface area contributed by atoms with E-state index in [2.05, 4.69) is 38.0 Å². The standard InChI is InChI=1S/C17H20N2O/c1-13(20)16(19-11-5-10-18-19)12-14-6-8-15(9-7-14)17(2,3)4/h5-12H,1-4H3/b16-12-. The Morgan fingerprint density at radius 3 is 2.30 bits per heavy atom. The molecule has 1 aromatic carbocycles. The minimum absolute atomic E-state index is 0.00593. The molecular weight excluding hydrogens is 248 g/mol. The number of hydrogen-bond acceptors (Lipinski definition) is 2. The van der Waals surface area contributed by atoms with Crippen molar-refractivity contribution in [1.29, 1.82) is 0 Å². The molecule has 0 amide bonds. The normalized spacial score (nSPS) is 12.5. The lowest BCUT2D eigenvalue weighted by molar-refractivity contribution is -0.112. The maximum Gasteiger partial charge on any atom is 0.178 e. The number of carbonyl (C=O) groups excluding carboxylic acids is 1. The molecule has 2 rings (SSSR count). The number of carbonyl (C=O) groups is 1. The Balaban J connectivity index is 2.35. The first-order chi connectivity index (χ1) is 9.38. The number of aromatic nitrogens is 2. The average molecular weight is 268 g/mol. The van der Waals surface area contributed by atoms with Crippen molar-refractivity contribution in [3.05, 3.63) is 53.9 Å². The number of nitrogens with zero attached hydrogens (tertiary/aromatic N) is 2. The van der Waals surface area contributed by atoms with E-state index in [-0.39, 0.29) is 11.2 Å². The van der Waals surface area contributed by atoms with Crippen molar-refractivity contribution in [1.82, 2.24) is 9.78 Å². The molecular formula is C17H20N2O. The van der Waals surface area contributed by atoms with E-state index in [1.807, 2.05) is 18.2 Å². The van der Waals surface area contributed by atoms with E-state index in [1.165, 1.54) is 5.56 Å². The van der Waals surface area contributed by atoms with Crippen LogP contribution in [0.5, 0.6) is 0 Å². The number of rotatable bonds is 3. The van der Waals surface area contributed by atoms with Crippen LogP contribution in [0.4, 0.5) is 0 Å². The third kappa shape index (κ3) is 3.23. The second-order valence-electron chi connectivity index (χ2n) is 5.91. The summed E-state index contributed by atoms with van der Waals surface area (Å²) in [5, 5.41) is 4.12. The molecule has 0 aliphatic rings. The monoisotopic (exact) mass is 268 g/mol. The molecule has 104 valence electrons. The minimum atomic E-state index is -0.00593. The summed E-state index contributed by atoms with van der Waals surface area (Å²) in [5.74, 6) is -0.00593. The predicted molar refractivity (Wildman–Crippen MR) is 82.2 cm³/mol. The predicted octanol–water partition coefficient (Wildman–Crippen LogP) is 3.77. The Bertz CT molecular complexity index is 614. The van der Waals surface area contributed by atoms with Crippen molar-refractivity contribution in [3.63, 3.8) is 0 Å². The molecule has 3 nitrogen and oxygen atoms in total. The molecule has 1 heterocycles. The number of allylic oxidation sites excluding steroid dienone is 1. The van der Waals surface area contributed by atoms with E-state index in [0.717, 1.165) is 5.56 Å². The maximum atomic E-state index is 11.7. The molecule has 0 bridgehead atoms. The van der Waals surface area contributed by atoms with Gasteiger partial charge in [0.25, 0.3) is 0 Å². The highest BCUT2D eigenvalue weighted by atomic mass is 16.1. The zero-order chi connectivity index (χ0) is 14.8. The minimum Gasteiger partial charge on any atom is -0.293 e. The largest absolute Gasteiger partial charge is 0.293 e. The molecule has 0 spiro atoms. The summed E-state index contributed by atoms with van der Waals surface area (Å²) in [7, 11) is 0. The number of hydrogen-bond donors (Lipinski definition) is 0. The molecule has 20 heavy (non-hydrogen) atoms. The first-order valence-electron chi connectivity index (χ1n) is 6.71. The fraction of sp³-hybridized carbons (Fsp3) is 0.294. The molecule has 0 N–H and O–H groups in total. The van der Waals surface area contributed by atoms with Crippen molar-refractivity contribution in [2.24, 2.45) is 0 Å². The molecule has 0 fully saturated rings. The summed E-state index contributed by atoms with van der Waals surface area (Å²) in [6.45, 7) is 8.10. The number of ketones is 1. The fourth-order valence-corrected chi connectivity index (χ4v) is 1.98. The maximum absolute atomic E-state index is 11.7. The molecule has 2 aromatic rings. The number of Topliss-reactive ketones (excluding diaryl/α,β-unsaturated/α-hetero) is 1. The van der Waals surface area contributed by atoms with Gasteiger partial charge in [0.05, 0.1) is 0 Å². The lowest BCUT2D eigenvalue weighted by Gasteiger charge is -2.18. The van der Waals surface area contributed by atoms with Gasteiger partial charge < -0.3 is 0 Å². The van der Waals surface area contributed by atoms with Gasteiger partial charge in [-0.15, -0.1) is 0 Å². The van der Waals surface area contributed by atoms with Crippen LogP contribution in [0.1, 0.15) is 38.8 Å². The Hall–Kier alpha value is -2.16. The van der Waals surface area contributed by atoms with Crippen molar-refractivity contribution in [2.75, 3.05) is 0 Å². The van der Waals surface area contributed by atoms with Gasteiger partial charge in [0.15, 0.2) is 5.78 Å². The van der Waals surface area contributed by atoms with Gasteiger partial charge in [-0.1, -0.05) is 45.0 Å². The smallest absolute Gasteiger partial charge is 0.178 e. The van der Waals surface area contributed by atoms with Gasteiger partial charge in [0, 0.05) is 19.3 Å². The molecule has 0 saturated heterocycles. The molecule has 3 heteroatoms. The third-order valence-electron chi connectivity index (χ3n) is 3.19. The van der Waals surface area contributed by atoms with Crippen molar-refractivity contribution in [3.8, 4) is 0 Å². The van der Waals surface area contributed by atoms with E-state index < -0.39 is 0 Å². The second-order valence-corrected chi connectivity index (χ2v) is 5.91. The summed E-state index contributed by atoms with van der Waals surface area (Å²) in [4.78, 5) is 11.7. The van der Waals surface area contributed by atoms with Crippen LogP contribution in [0.25, 0.3) is 11.8 Å². The summed E-state index contributed by atoms with van der Waals surface area (Å²) in [6.07, 6.45) is 5.30. The second kappa shape index (κ2) is 5.45. The Kier molecular flexibility index (Phi) is 3.89. The van der Waals surface area contributed by atoms with E-state index >= 15 is 0 Å². The van der Waals surface area contributed by atoms with Crippen molar-refractivity contribution < 1.29 is 4.79 Å². The van der Waals surface area contributed by atoms with E-state index in [4.69, 9.17) is 0 Å². The quantitative estimate of drug-likeness (QED) is 0.794. The zero-order valence-corrected chi connectivity index (χ0v) is 12.4. The zero-order valence-electron chi connectivity index (χ0n) is 12.4. The Labute approximate surface area is 119 Å². The van der Waals surface area contributed by atoms with Crippen LogP contribution in [0.15, 0.2) is 42.7 Å². The fourth-order valence-electron chi connectivity index (χ4n) is 1.98.